The van der Waals surface area contributed by atoms with Crippen LogP contribution >= 0.6 is 0 Å². The maximum Gasteiger partial charge on any atom is 1.00 e. The fourth-order valence-electron chi connectivity index (χ4n) is 5.81. The maximum absolute atomic E-state index is 13.1. The monoisotopic (exact) mass is 804 g/mol. The van der Waals surface area contributed by atoms with E-state index in [2.05, 4.69) is 20.5 Å². The van der Waals surface area contributed by atoms with Crippen molar-refractivity contribution in [2.24, 2.45) is 20.5 Å². The van der Waals surface area contributed by atoms with Crippen LogP contribution in [0.2, 0.25) is 0 Å². The summed E-state index contributed by atoms with van der Waals surface area (Å²) in [7, 11) is -9.61. The Morgan fingerprint density at radius 1 is 0.446 bits per heavy atom. The standard InChI is InChI=1S/C38H28N6O8S2.2Na/c39-27-9-15-31-25(17-27)19-33(53(47,48)49)35(37(31)45)43-41-29-11-5-23(6-12-29)21-1-2-22(4-3-21)24-7-13-30(14-8-24)42-44-36-34(54(50,51)52)20-26-18-28(40)10-16-32(26)38(36)46;;/h1-20,45-46H,39-40H2,(H,47,48,49)(H,50,51,52);;/q;2*+1/p-2. The van der Waals surface area contributed by atoms with Crippen LogP contribution in [0.25, 0.3) is 43.8 Å². The van der Waals surface area contributed by atoms with E-state index in [-0.39, 0.29) is 80.7 Å². The third-order valence-electron chi connectivity index (χ3n) is 8.48. The largest absolute Gasteiger partial charge is 1.00 e. The molecule has 14 nitrogen and oxygen atoms in total. The summed E-state index contributed by atoms with van der Waals surface area (Å²) < 4.78 is 67.9. The molecule has 270 valence electrons. The van der Waals surface area contributed by atoms with Crippen molar-refractivity contribution in [1.29, 1.82) is 0 Å². The molecule has 0 saturated heterocycles. The number of benzene rings is 7. The van der Waals surface area contributed by atoms with E-state index in [1.165, 1.54) is 36.4 Å². The van der Waals surface area contributed by atoms with Crippen LogP contribution in [0.3, 0.4) is 0 Å². The number of nitrogens with two attached hydrogens (primary N) is 2. The Balaban J connectivity index is 0.00000300. The van der Waals surface area contributed by atoms with Crippen molar-refractivity contribution in [2.75, 3.05) is 11.5 Å². The number of hydrogen-bond donors (Lipinski definition) is 4. The zero-order chi connectivity index (χ0) is 38.4. The van der Waals surface area contributed by atoms with Gasteiger partial charge in [-0.1, -0.05) is 72.2 Å². The summed E-state index contributed by atoms with van der Waals surface area (Å²) in [5.41, 5.74) is 15.2. The van der Waals surface area contributed by atoms with E-state index in [0.29, 0.717) is 22.7 Å². The maximum atomic E-state index is 13.1. The normalized spacial score (nSPS) is 11.9. The van der Waals surface area contributed by atoms with Crippen LogP contribution in [0.1, 0.15) is 0 Å². The summed E-state index contributed by atoms with van der Waals surface area (Å²) >= 11 is 0. The average Bonchev–Trinajstić information content (AvgIpc) is 3.13. The summed E-state index contributed by atoms with van der Waals surface area (Å²) in [6.45, 7) is 0. The molecule has 56 heavy (non-hydrogen) atoms. The van der Waals surface area contributed by atoms with Crippen molar-refractivity contribution in [1.82, 2.24) is 0 Å². The zero-order valence-electron chi connectivity index (χ0n) is 29.7. The summed E-state index contributed by atoms with van der Waals surface area (Å²) in [5.74, 6) is -1.45. The molecule has 7 rings (SSSR count). The summed E-state index contributed by atoms with van der Waals surface area (Å²) in [6.07, 6.45) is 0. The third-order valence-corrected chi connectivity index (χ3v) is 10.2. The first kappa shape index (κ1) is 42.4. The number of anilines is 2. The van der Waals surface area contributed by atoms with Gasteiger partial charge in [-0.15, -0.1) is 10.2 Å². The summed E-state index contributed by atoms with van der Waals surface area (Å²) in [4.78, 5) is -1.35. The Morgan fingerprint density at radius 2 is 0.750 bits per heavy atom. The van der Waals surface area contributed by atoms with Crippen molar-refractivity contribution >= 4 is 75.9 Å². The van der Waals surface area contributed by atoms with Crippen LogP contribution in [0.5, 0.6) is 11.5 Å². The van der Waals surface area contributed by atoms with Gasteiger partial charge < -0.3 is 21.7 Å². The zero-order valence-corrected chi connectivity index (χ0v) is 35.3. The molecule has 0 amide bonds. The first-order valence-corrected chi connectivity index (χ1v) is 18.7. The Kier molecular flexibility index (Phi) is 12.7. The smallest absolute Gasteiger partial charge is 0.871 e. The van der Waals surface area contributed by atoms with Crippen LogP contribution in [0.15, 0.2) is 152 Å². The van der Waals surface area contributed by atoms with E-state index in [1.807, 2.05) is 24.3 Å². The van der Waals surface area contributed by atoms with Crippen molar-refractivity contribution < 1.29 is 95.3 Å². The molecule has 0 aliphatic rings. The second-order valence-corrected chi connectivity index (χ2v) is 14.9. The number of fused-ring (bicyclic) bond motifs is 2. The van der Waals surface area contributed by atoms with Gasteiger partial charge in [-0.2, -0.15) is 27.1 Å². The first-order chi connectivity index (χ1) is 25.7. The molecule has 0 saturated carbocycles. The fourth-order valence-corrected chi connectivity index (χ4v) is 7.11. The molecule has 7 aromatic carbocycles. The van der Waals surface area contributed by atoms with E-state index >= 15 is 0 Å². The molecule has 7 aromatic rings. The van der Waals surface area contributed by atoms with Crippen molar-refractivity contribution in [3.05, 3.63) is 121 Å². The Bertz CT molecular complexity index is 2710. The van der Waals surface area contributed by atoms with Crippen LogP contribution in [0.4, 0.5) is 34.1 Å². The third kappa shape index (κ3) is 8.95. The Morgan fingerprint density at radius 3 is 1.05 bits per heavy atom. The molecule has 0 aliphatic carbocycles. The Hall–Kier alpha value is -4.72. The van der Waals surface area contributed by atoms with Gasteiger partial charge >= 0.3 is 59.1 Å². The van der Waals surface area contributed by atoms with Gasteiger partial charge in [-0.25, -0.2) is 0 Å². The second-order valence-electron chi connectivity index (χ2n) is 12.1. The van der Waals surface area contributed by atoms with Gasteiger partial charge in [-0.3, -0.25) is 9.11 Å². The molecule has 0 bridgehead atoms. The van der Waals surface area contributed by atoms with Crippen molar-refractivity contribution in [2.45, 2.75) is 9.79 Å². The molecule has 0 heterocycles. The molecule has 18 heteroatoms. The minimum Gasteiger partial charge on any atom is -0.871 e. The Labute approximate surface area is 364 Å². The summed E-state index contributed by atoms with van der Waals surface area (Å²) in [5, 5.41) is 42.9. The van der Waals surface area contributed by atoms with Crippen LogP contribution < -0.4 is 80.8 Å². The predicted molar refractivity (Wildman–Crippen MR) is 201 cm³/mol. The van der Waals surface area contributed by atoms with Gasteiger partial charge in [-0.05, 0) is 104 Å². The average molecular weight is 805 g/mol. The molecule has 0 fully saturated rings. The molecule has 6 N–H and O–H groups in total. The number of azo groups is 2. The molecule has 0 radical (unpaired) electrons. The molecule has 0 spiro atoms. The minimum absolute atomic E-state index is 0. The van der Waals surface area contributed by atoms with Gasteiger partial charge in [0.1, 0.15) is 9.79 Å². The van der Waals surface area contributed by atoms with Gasteiger partial charge in [0.15, 0.2) is 0 Å². The molecule has 0 unspecified atom stereocenters. The summed E-state index contributed by atoms with van der Waals surface area (Å²) in [6, 6.07) is 32.3. The number of rotatable bonds is 8. The van der Waals surface area contributed by atoms with Crippen molar-refractivity contribution in [3.63, 3.8) is 0 Å². The van der Waals surface area contributed by atoms with Gasteiger partial charge in [0, 0.05) is 11.4 Å². The topological polar surface area (TPSA) is 256 Å². The number of nitrogens with zero attached hydrogens (tertiary/aromatic N) is 4. The predicted octanol–water partition coefficient (Wildman–Crippen LogP) is 1.97. The fraction of sp³-hybridized carbons (Fsp3) is 0. The molecule has 0 aliphatic heterocycles. The van der Waals surface area contributed by atoms with E-state index in [9.17, 15) is 36.2 Å². The first-order valence-electron chi connectivity index (χ1n) is 15.8. The van der Waals surface area contributed by atoms with Gasteiger partial charge in [0.2, 0.25) is 0 Å². The van der Waals surface area contributed by atoms with Crippen LogP contribution in [-0.2, 0) is 20.2 Å². The SMILES string of the molecule is Nc1ccc2c([O-])c(N=Nc3ccc(-c4ccc(-c5ccc(N=Nc6c(S(=O)(=O)O)cc7cc(N)ccc7c6[O-])cc5)cc4)cc3)c(S(=O)(=O)O)cc2c1.[Na+].[Na+]. The number of nitrogen functional groups attached to an aromatic ring is 2. The van der Waals surface area contributed by atoms with E-state index in [1.54, 1.807) is 48.5 Å². The molecule has 0 aromatic heterocycles. The van der Waals surface area contributed by atoms with E-state index in [4.69, 9.17) is 11.5 Å². The van der Waals surface area contributed by atoms with E-state index < -0.39 is 52.9 Å². The molecule has 0 atom stereocenters. The minimum atomic E-state index is -4.80. The molecular weight excluding hydrogens is 779 g/mol. The van der Waals surface area contributed by atoms with Gasteiger partial charge in [0.05, 0.1) is 22.7 Å². The van der Waals surface area contributed by atoms with Crippen LogP contribution in [0, 0.1) is 0 Å². The van der Waals surface area contributed by atoms with Crippen molar-refractivity contribution in [3.8, 4) is 33.8 Å². The van der Waals surface area contributed by atoms with Crippen LogP contribution in [-0.4, -0.2) is 25.9 Å². The molecular formula is C38H26N6Na2O8S2. The van der Waals surface area contributed by atoms with E-state index in [0.717, 1.165) is 34.4 Å². The second kappa shape index (κ2) is 16.8. The van der Waals surface area contributed by atoms with Gasteiger partial charge in [0.25, 0.3) is 20.2 Å². The number of hydrogen-bond acceptors (Lipinski definition) is 12. The quantitative estimate of drug-likeness (QED) is 0.0752.